The van der Waals surface area contributed by atoms with Crippen molar-refractivity contribution in [3.8, 4) is 0 Å². The van der Waals surface area contributed by atoms with Gasteiger partial charge in [-0.15, -0.1) is 0 Å². The largest absolute Gasteiger partial charge is 0.314 e. The maximum absolute atomic E-state index is 12.1. The average Bonchev–Trinajstić information content (AvgIpc) is 3.13. The molecule has 0 spiro atoms. The molecule has 0 aliphatic heterocycles. The maximum atomic E-state index is 12.1. The summed E-state index contributed by atoms with van der Waals surface area (Å²) >= 11 is 0. The highest BCUT2D eigenvalue weighted by molar-refractivity contribution is 7.87. The normalized spacial score (nSPS) is 29.7. The van der Waals surface area contributed by atoms with Crippen molar-refractivity contribution in [1.29, 1.82) is 0 Å². The molecule has 0 aromatic heterocycles. The molecule has 106 valence electrons. The zero-order valence-corrected chi connectivity index (χ0v) is 12.2. The van der Waals surface area contributed by atoms with Crippen LogP contribution < -0.4 is 10.0 Å². The van der Waals surface area contributed by atoms with E-state index in [1.165, 1.54) is 0 Å². The molecule has 0 aromatic carbocycles. The van der Waals surface area contributed by atoms with Crippen LogP contribution in [0.2, 0.25) is 0 Å². The van der Waals surface area contributed by atoms with E-state index in [4.69, 9.17) is 0 Å². The van der Waals surface area contributed by atoms with Crippen LogP contribution in [0, 0.1) is 0 Å². The fraction of sp³-hybridized carbons (Fsp3) is 1.00. The lowest BCUT2D eigenvalue weighted by Gasteiger charge is -2.34. The molecular weight excluding hydrogens is 250 g/mol. The molecule has 0 heterocycles. The topological polar surface area (TPSA) is 61.4 Å². The molecule has 2 aliphatic carbocycles. The zero-order valence-electron chi connectivity index (χ0n) is 11.4. The number of hydrogen-bond acceptors (Lipinski definition) is 3. The van der Waals surface area contributed by atoms with Crippen LogP contribution in [0.3, 0.4) is 0 Å². The predicted octanol–water partition coefficient (Wildman–Crippen LogP) is 0.836. The smallest absolute Gasteiger partial charge is 0.279 e. The molecule has 6 heteroatoms. The van der Waals surface area contributed by atoms with E-state index < -0.39 is 10.2 Å². The molecule has 2 fully saturated rings. The molecule has 0 bridgehead atoms. The molecule has 0 unspecified atom stereocenters. The molecule has 2 aliphatic rings. The van der Waals surface area contributed by atoms with Crippen LogP contribution in [0.4, 0.5) is 0 Å². The lowest BCUT2D eigenvalue weighted by molar-refractivity contribution is 0.249. The third kappa shape index (κ3) is 3.66. The third-order valence-electron chi connectivity index (χ3n) is 3.98. The lowest BCUT2D eigenvalue weighted by Crippen LogP contribution is -2.47. The highest BCUT2D eigenvalue weighted by Gasteiger charge is 2.34. The van der Waals surface area contributed by atoms with Gasteiger partial charge in [-0.05, 0) is 45.1 Å². The summed E-state index contributed by atoms with van der Waals surface area (Å²) in [6.07, 6.45) is 6.03. The maximum Gasteiger partial charge on any atom is 0.279 e. The molecule has 2 saturated carbocycles. The number of hydrogen-bond donors (Lipinski definition) is 2. The highest BCUT2D eigenvalue weighted by Crippen LogP contribution is 2.25. The van der Waals surface area contributed by atoms with Gasteiger partial charge in [-0.2, -0.15) is 17.4 Å². The fourth-order valence-corrected chi connectivity index (χ4v) is 4.05. The average molecular weight is 275 g/mol. The van der Waals surface area contributed by atoms with Gasteiger partial charge in [0.1, 0.15) is 0 Å². The highest BCUT2D eigenvalue weighted by atomic mass is 32.2. The van der Waals surface area contributed by atoms with Crippen LogP contribution in [0.5, 0.6) is 0 Å². The van der Waals surface area contributed by atoms with Gasteiger partial charge < -0.3 is 5.32 Å². The zero-order chi connectivity index (χ0) is 13.2. The van der Waals surface area contributed by atoms with Crippen molar-refractivity contribution >= 4 is 10.2 Å². The van der Waals surface area contributed by atoms with Gasteiger partial charge in [0.15, 0.2) is 0 Å². The molecule has 2 N–H and O–H groups in total. The minimum absolute atomic E-state index is 0.163. The molecule has 0 saturated heterocycles. The molecule has 0 atom stereocenters. The second kappa shape index (κ2) is 5.86. The first-order valence-corrected chi connectivity index (χ1v) is 8.45. The van der Waals surface area contributed by atoms with Crippen molar-refractivity contribution in [2.45, 2.75) is 63.6 Å². The van der Waals surface area contributed by atoms with Crippen LogP contribution in [0.15, 0.2) is 0 Å². The Morgan fingerprint density at radius 3 is 2.11 bits per heavy atom. The first-order chi connectivity index (χ1) is 8.53. The Hall–Kier alpha value is -0.170. The molecule has 0 amide bonds. The number of nitrogens with zero attached hydrogens (tertiary/aromatic N) is 1. The molecule has 0 radical (unpaired) electrons. The van der Waals surface area contributed by atoms with Gasteiger partial charge >= 0.3 is 0 Å². The Bertz CT molecular complexity index is 360. The summed E-state index contributed by atoms with van der Waals surface area (Å²) in [5, 5.41) is 3.44. The third-order valence-corrected chi connectivity index (χ3v) is 5.66. The second-order valence-electron chi connectivity index (χ2n) is 5.48. The molecule has 5 nitrogen and oxygen atoms in total. The summed E-state index contributed by atoms with van der Waals surface area (Å²) in [6, 6.07) is 0.922. The molecule has 18 heavy (non-hydrogen) atoms. The first-order valence-electron chi connectivity index (χ1n) is 7.01. The summed E-state index contributed by atoms with van der Waals surface area (Å²) in [4.78, 5) is 0. The minimum atomic E-state index is -3.26. The molecular formula is C12H25N3O2S. The van der Waals surface area contributed by atoms with Crippen LogP contribution in [-0.2, 0) is 10.2 Å². The van der Waals surface area contributed by atoms with E-state index >= 15 is 0 Å². The van der Waals surface area contributed by atoms with E-state index in [0.717, 1.165) is 45.1 Å². The van der Waals surface area contributed by atoms with Gasteiger partial charge in [0.05, 0.1) is 0 Å². The van der Waals surface area contributed by atoms with Crippen LogP contribution in [0.25, 0.3) is 0 Å². The van der Waals surface area contributed by atoms with Gasteiger partial charge in [-0.25, -0.2) is 0 Å². The Kier molecular flexibility index (Phi) is 4.64. The fourth-order valence-electron chi connectivity index (χ4n) is 2.62. The van der Waals surface area contributed by atoms with E-state index in [1.807, 2.05) is 0 Å². The van der Waals surface area contributed by atoms with E-state index in [9.17, 15) is 8.42 Å². The SMILES string of the molecule is CCNC1CCC(N(C)S(=O)(=O)NC2CC2)CC1. The molecule has 0 aromatic rings. The summed E-state index contributed by atoms with van der Waals surface area (Å²) in [5.41, 5.74) is 0. The Balaban J connectivity index is 1.84. The summed E-state index contributed by atoms with van der Waals surface area (Å²) in [7, 11) is -1.55. The van der Waals surface area contributed by atoms with Gasteiger partial charge in [0.2, 0.25) is 0 Å². The van der Waals surface area contributed by atoms with Crippen molar-refractivity contribution in [2.24, 2.45) is 0 Å². The Morgan fingerprint density at radius 1 is 1.06 bits per heavy atom. The monoisotopic (exact) mass is 275 g/mol. The Morgan fingerprint density at radius 2 is 1.61 bits per heavy atom. The van der Waals surface area contributed by atoms with Gasteiger partial charge in [0, 0.05) is 25.2 Å². The summed E-state index contributed by atoms with van der Waals surface area (Å²) in [5.74, 6) is 0. The van der Waals surface area contributed by atoms with Crippen molar-refractivity contribution in [1.82, 2.24) is 14.3 Å². The van der Waals surface area contributed by atoms with Crippen LogP contribution in [-0.4, -0.2) is 44.4 Å². The summed E-state index contributed by atoms with van der Waals surface area (Å²) < 4.78 is 28.5. The lowest BCUT2D eigenvalue weighted by atomic mass is 9.91. The van der Waals surface area contributed by atoms with E-state index in [0.29, 0.717) is 6.04 Å². The van der Waals surface area contributed by atoms with Crippen molar-refractivity contribution in [3.05, 3.63) is 0 Å². The predicted molar refractivity (Wildman–Crippen MR) is 72.6 cm³/mol. The van der Waals surface area contributed by atoms with Crippen LogP contribution >= 0.6 is 0 Å². The van der Waals surface area contributed by atoms with Crippen molar-refractivity contribution in [2.75, 3.05) is 13.6 Å². The number of nitrogens with one attached hydrogen (secondary N) is 2. The number of rotatable bonds is 6. The quantitative estimate of drug-likeness (QED) is 0.755. The first kappa shape index (κ1) is 14.2. The standard InChI is InChI=1S/C12H25N3O2S/c1-3-13-10-6-8-12(9-7-10)15(2)18(16,17)14-11-4-5-11/h10-14H,3-9H2,1-2H3. The van der Waals surface area contributed by atoms with E-state index in [2.05, 4.69) is 17.0 Å². The summed E-state index contributed by atoms with van der Waals surface area (Å²) in [6.45, 7) is 3.11. The van der Waals surface area contributed by atoms with E-state index in [-0.39, 0.29) is 12.1 Å². The van der Waals surface area contributed by atoms with Gasteiger partial charge in [-0.1, -0.05) is 6.92 Å². The van der Waals surface area contributed by atoms with E-state index in [1.54, 1.807) is 11.4 Å². The van der Waals surface area contributed by atoms with Crippen molar-refractivity contribution < 1.29 is 8.42 Å². The minimum Gasteiger partial charge on any atom is -0.314 e. The Labute approximate surface area is 110 Å². The van der Waals surface area contributed by atoms with Gasteiger partial charge in [0.25, 0.3) is 10.2 Å². The second-order valence-corrected chi connectivity index (χ2v) is 7.24. The molecule has 2 rings (SSSR count). The van der Waals surface area contributed by atoms with Gasteiger partial charge in [-0.3, -0.25) is 0 Å². The van der Waals surface area contributed by atoms with Crippen molar-refractivity contribution in [3.63, 3.8) is 0 Å². The van der Waals surface area contributed by atoms with Crippen LogP contribution in [0.1, 0.15) is 45.4 Å².